The molecule has 0 aliphatic heterocycles. The third-order valence-corrected chi connectivity index (χ3v) is 5.91. The third kappa shape index (κ3) is 9.51. The standard InChI is InChI=1S/C23H16Br2F10N2O2/c1-37(10-21(27,28)29)19(38)9-36-20(39)15-3-2-11(6-17(15)23(33,34)35)18(26)8-16(22(30,31)32)12-4-13(24)7-14(25)5-12/h2-8,16H,9-10H2,1H3,(H,36,39). The molecule has 39 heavy (non-hydrogen) atoms. The van der Waals surface area contributed by atoms with Gasteiger partial charge in [-0.2, -0.15) is 39.5 Å². The van der Waals surface area contributed by atoms with Crippen LogP contribution in [0.3, 0.4) is 0 Å². The number of rotatable bonds is 7. The maximum atomic E-state index is 14.9. The van der Waals surface area contributed by atoms with E-state index in [0.717, 1.165) is 19.2 Å². The number of carbonyl (C=O) groups is 2. The van der Waals surface area contributed by atoms with E-state index in [-0.39, 0.29) is 26.0 Å². The van der Waals surface area contributed by atoms with E-state index in [4.69, 9.17) is 0 Å². The quantitative estimate of drug-likeness (QED) is 0.302. The maximum Gasteiger partial charge on any atom is 0.417 e. The number of hydrogen-bond donors (Lipinski definition) is 1. The van der Waals surface area contributed by atoms with Crippen LogP contribution in [0, 0.1) is 0 Å². The molecule has 0 aliphatic carbocycles. The van der Waals surface area contributed by atoms with Gasteiger partial charge in [0.25, 0.3) is 5.91 Å². The van der Waals surface area contributed by atoms with Gasteiger partial charge in [0, 0.05) is 21.6 Å². The number of allylic oxidation sites excluding steroid dienone is 1. The van der Waals surface area contributed by atoms with Gasteiger partial charge < -0.3 is 10.2 Å². The molecule has 0 aliphatic rings. The third-order valence-electron chi connectivity index (χ3n) is 5.00. The molecule has 16 heteroatoms. The molecule has 0 bridgehead atoms. The summed E-state index contributed by atoms with van der Waals surface area (Å²) in [5.41, 5.74) is -4.23. The predicted molar refractivity (Wildman–Crippen MR) is 127 cm³/mol. The molecular weight excluding hydrogens is 686 g/mol. The Morgan fingerprint density at radius 3 is 2.00 bits per heavy atom. The number of carbonyl (C=O) groups excluding carboxylic acids is 2. The van der Waals surface area contributed by atoms with Crippen LogP contribution in [0.15, 0.2) is 51.4 Å². The number of nitrogens with one attached hydrogen (secondary N) is 1. The van der Waals surface area contributed by atoms with Gasteiger partial charge in [-0.15, -0.1) is 0 Å². The van der Waals surface area contributed by atoms with Gasteiger partial charge in [-0.05, 0) is 42.0 Å². The van der Waals surface area contributed by atoms with Crippen molar-refractivity contribution in [3.05, 3.63) is 73.7 Å². The molecular formula is C23H16Br2F10N2O2. The first-order valence-corrected chi connectivity index (χ1v) is 12.0. The fourth-order valence-corrected chi connectivity index (χ4v) is 4.57. The summed E-state index contributed by atoms with van der Waals surface area (Å²) in [4.78, 5) is 24.2. The van der Waals surface area contributed by atoms with Crippen LogP contribution in [0.25, 0.3) is 5.83 Å². The van der Waals surface area contributed by atoms with Gasteiger partial charge in [-0.3, -0.25) is 9.59 Å². The minimum atomic E-state index is -5.29. The first-order chi connectivity index (χ1) is 17.7. The van der Waals surface area contributed by atoms with Gasteiger partial charge in [-0.1, -0.05) is 37.9 Å². The molecule has 0 saturated heterocycles. The number of nitrogens with zero attached hydrogens (tertiary/aromatic N) is 1. The summed E-state index contributed by atoms with van der Waals surface area (Å²) in [5, 5.41) is 1.75. The highest BCUT2D eigenvalue weighted by molar-refractivity contribution is 9.11. The molecule has 0 fully saturated rings. The Labute approximate surface area is 231 Å². The number of hydrogen-bond acceptors (Lipinski definition) is 2. The Morgan fingerprint density at radius 2 is 1.51 bits per heavy atom. The number of amides is 2. The minimum Gasteiger partial charge on any atom is -0.343 e. The van der Waals surface area contributed by atoms with Crippen molar-refractivity contribution in [2.24, 2.45) is 0 Å². The van der Waals surface area contributed by atoms with Gasteiger partial charge in [-0.25, -0.2) is 4.39 Å². The van der Waals surface area contributed by atoms with E-state index in [2.05, 4.69) is 31.9 Å². The fraction of sp³-hybridized carbons (Fsp3) is 0.304. The van der Waals surface area contributed by atoms with Crippen LogP contribution in [0.4, 0.5) is 43.9 Å². The molecule has 0 heterocycles. The zero-order valence-corrected chi connectivity index (χ0v) is 22.5. The molecule has 0 aromatic heterocycles. The SMILES string of the molecule is CN(CC(F)(F)F)C(=O)CNC(=O)c1ccc(C(F)=CC(c2cc(Br)cc(Br)c2)C(F)(F)F)cc1C(F)(F)F. The van der Waals surface area contributed by atoms with Gasteiger partial charge in [0.2, 0.25) is 5.91 Å². The number of halogens is 12. The van der Waals surface area contributed by atoms with Crippen LogP contribution in [0.2, 0.25) is 0 Å². The van der Waals surface area contributed by atoms with E-state index < -0.39 is 77.4 Å². The van der Waals surface area contributed by atoms with E-state index in [1.165, 1.54) is 6.07 Å². The summed E-state index contributed by atoms with van der Waals surface area (Å²) in [6.07, 6.45) is -15.0. The molecule has 1 atom stereocenters. The molecule has 1 N–H and O–H groups in total. The van der Waals surface area contributed by atoms with E-state index in [9.17, 15) is 53.5 Å². The average molecular weight is 702 g/mol. The summed E-state index contributed by atoms with van der Waals surface area (Å²) < 4.78 is 135. The van der Waals surface area contributed by atoms with Crippen LogP contribution < -0.4 is 5.32 Å². The van der Waals surface area contributed by atoms with E-state index in [0.29, 0.717) is 12.1 Å². The van der Waals surface area contributed by atoms with Crippen LogP contribution in [0.1, 0.15) is 33.0 Å². The van der Waals surface area contributed by atoms with E-state index in [1.54, 1.807) is 5.32 Å². The van der Waals surface area contributed by atoms with Gasteiger partial charge in [0.15, 0.2) is 0 Å². The lowest BCUT2D eigenvalue weighted by Gasteiger charge is -2.20. The summed E-state index contributed by atoms with van der Waals surface area (Å²) in [6, 6.07) is 4.73. The topological polar surface area (TPSA) is 49.4 Å². The zero-order chi connectivity index (χ0) is 29.9. The summed E-state index contributed by atoms with van der Waals surface area (Å²) >= 11 is 6.01. The Kier molecular flexibility index (Phi) is 10.3. The van der Waals surface area contributed by atoms with Crippen molar-refractivity contribution in [2.75, 3.05) is 20.1 Å². The second-order valence-corrected chi connectivity index (χ2v) is 9.87. The van der Waals surface area contributed by atoms with Crippen molar-refractivity contribution in [3.8, 4) is 0 Å². The fourth-order valence-electron chi connectivity index (χ4n) is 3.25. The van der Waals surface area contributed by atoms with E-state index >= 15 is 0 Å². The largest absolute Gasteiger partial charge is 0.417 e. The normalized spacial score (nSPS) is 13.7. The second-order valence-electron chi connectivity index (χ2n) is 8.04. The molecule has 2 rings (SSSR count). The van der Waals surface area contributed by atoms with Crippen LogP contribution in [-0.4, -0.2) is 49.2 Å². The lowest BCUT2D eigenvalue weighted by molar-refractivity contribution is -0.157. The number of benzene rings is 2. The highest BCUT2D eigenvalue weighted by atomic mass is 79.9. The van der Waals surface area contributed by atoms with Crippen molar-refractivity contribution in [1.82, 2.24) is 10.2 Å². The maximum absolute atomic E-state index is 14.9. The van der Waals surface area contributed by atoms with Crippen molar-refractivity contribution in [2.45, 2.75) is 24.4 Å². The highest BCUT2D eigenvalue weighted by Crippen LogP contribution is 2.41. The van der Waals surface area contributed by atoms with Gasteiger partial charge in [0.05, 0.1) is 17.7 Å². The van der Waals surface area contributed by atoms with Crippen LogP contribution >= 0.6 is 31.9 Å². The number of alkyl halides is 9. The first-order valence-electron chi connectivity index (χ1n) is 10.4. The number of likely N-dealkylation sites (N-methyl/N-ethyl adjacent to an activating group) is 1. The average Bonchev–Trinajstić information content (AvgIpc) is 2.77. The van der Waals surface area contributed by atoms with Crippen LogP contribution in [0.5, 0.6) is 0 Å². The van der Waals surface area contributed by atoms with Gasteiger partial charge in [0.1, 0.15) is 18.3 Å². The van der Waals surface area contributed by atoms with E-state index in [1.807, 2.05) is 0 Å². The molecule has 214 valence electrons. The smallest absolute Gasteiger partial charge is 0.343 e. The Balaban J connectivity index is 2.40. The summed E-state index contributed by atoms with van der Waals surface area (Å²) in [6.45, 7) is -2.76. The Morgan fingerprint density at radius 1 is 0.949 bits per heavy atom. The molecule has 2 aromatic carbocycles. The molecule has 2 aromatic rings. The van der Waals surface area contributed by atoms with Gasteiger partial charge >= 0.3 is 18.5 Å². The van der Waals surface area contributed by atoms with Crippen LogP contribution in [-0.2, 0) is 11.0 Å². The summed E-state index contributed by atoms with van der Waals surface area (Å²) in [5.74, 6) is -7.02. The monoisotopic (exact) mass is 700 g/mol. The molecule has 2 amide bonds. The Hall–Kier alpha value is -2.62. The first kappa shape index (κ1) is 32.6. The van der Waals surface area contributed by atoms with Crippen molar-refractivity contribution in [3.63, 3.8) is 0 Å². The minimum absolute atomic E-state index is 0.0819. The van der Waals surface area contributed by atoms with Crippen molar-refractivity contribution in [1.29, 1.82) is 0 Å². The molecule has 1 unspecified atom stereocenters. The highest BCUT2D eigenvalue weighted by Gasteiger charge is 2.41. The predicted octanol–water partition coefficient (Wildman–Crippen LogP) is 7.64. The lowest BCUT2D eigenvalue weighted by atomic mass is 9.95. The summed E-state index contributed by atoms with van der Waals surface area (Å²) in [7, 11) is 0.758. The second kappa shape index (κ2) is 12.3. The molecule has 0 radical (unpaired) electrons. The van der Waals surface area contributed by atoms with Crippen molar-refractivity contribution < 1.29 is 53.5 Å². The molecule has 0 spiro atoms. The van der Waals surface area contributed by atoms with Crippen molar-refractivity contribution >= 4 is 49.5 Å². The Bertz CT molecular complexity index is 1240. The molecule has 4 nitrogen and oxygen atoms in total. The molecule has 0 saturated carbocycles. The lowest BCUT2D eigenvalue weighted by Crippen LogP contribution is -2.42. The zero-order valence-electron chi connectivity index (χ0n) is 19.3.